The second-order valence-corrected chi connectivity index (χ2v) is 15.9. The van der Waals surface area contributed by atoms with Gasteiger partial charge in [-0.15, -0.1) is 0 Å². The Morgan fingerprint density at radius 1 is 1.00 bits per heavy atom. The SMILES string of the molecule is COc1ccc2c(c1)C=C(C(=O)CCCN(C)CCN(C)S(N)(=O)=O)Cn1c-2c(C2CCCCC2)c2ccc(C(=O)OC(C)(C)C)cc21. The van der Waals surface area contributed by atoms with Crippen LogP contribution >= 0.6 is 0 Å². The Bertz CT molecular complexity index is 1810. The van der Waals surface area contributed by atoms with Crippen LogP contribution in [0.3, 0.4) is 0 Å². The summed E-state index contributed by atoms with van der Waals surface area (Å²) in [5.41, 5.74) is 5.86. The number of Topliss-reactive ketones (excluding diaryl/α,β-unsaturated/α-hetero) is 1. The van der Waals surface area contributed by atoms with E-state index in [1.54, 1.807) is 7.11 Å². The molecule has 48 heavy (non-hydrogen) atoms. The van der Waals surface area contributed by atoms with Gasteiger partial charge in [-0.3, -0.25) is 4.79 Å². The van der Waals surface area contributed by atoms with Gasteiger partial charge in [-0.25, -0.2) is 9.93 Å². The number of nitrogens with two attached hydrogens (primary N) is 1. The number of ether oxygens (including phenoxy) is 2. The summed E-state index contributed by atoms with van der Waals surface area (Å²) >= 11 is 0. The molecule has 0 amide bonds. The summed E-state index contributed by atoms with van der Waals surface area (Å²) in [5.74, 6) is 0.778. The lowest BCUT2D eigenvalue weighted by Crippen LogP contribution is -2.38. The number of benzene rings is 2. The van der Waals surface area contributed by atoms with Gasteiger partial charge in [0.1, 0.15) is 11.4 Å². The van der Waals surface area contributed by atoms with Crippen molar-refractivity contribution >= 4 is 38.9 Å². The number of allylic oxidation sites excluding steroid dienone is 1. The van der Waals surface area contributed by atoms with Crippen LogP contribution in [0.4, 0.5) is 0 Å². The van der Waals surface area contributed by atoms with Crippen LogP contribution in [0.5, 0.6) is 5.75 Å². The molecule has 2 aromatic carbocycles. The van der Waals surface area contributed by atoms with Gasteiger partial charge in [0.05, 0.1) is 24.9 Å². The van der Waals surface area contributed by atoms with Crippen molar-refractivity contribution in [1.82, 2.24) is 13.8 Å². The lowest BCUT2D eigenvalue weighted by atomic mass is 9.81. The standard InChI is InChI=1S/C37H50N4O6S/c1-37(2,3)47-36(43)26-14-16-31-32(23-26)41-24-28(33(42)13-10-18-39(4)19-20-40(5)48(38,44)45)21-27-22-29(46-6)15-17-30(27)35(41)34(31)25-11-8-7-9-12-25/h14-17,21-23,25H,7-13,18-20,24H2,1-6H3,(H2,38,44,45). The van der Waals surface area contributed by atoms with Gasteiger partial charge in [0, 0.05) is 48.6 Å². The summed E-state index contributed by atoms with van der Waals surface area (Å²) in [6, 6.07) is 11.9. The highest BCUT2D eigenvalue weighted by Gasteiger charge is 2.31. The van der Waals surface area contributed by atoms with E-state index in [-0.39, 0.29) is 18.3 Å². The molecule has 1 aliphatic heterocycles. The Morgan fingerprint density at radius 3 is 2.40 bits per heavy atom. The molecular weight excluding hydrogens is 628 g/mol. The molecular formula is C37H50N4O6S. The topological polar surface area (TPSA) is 124 Å². The highest BCUT2D eigenvalue weighted by atomic mass is 32.2. The third kappa shape index (κ3) is 8.19. The Morgan fingerprint density at radius 2 is 1.73 bits per heavy atom. The summed E-state index contributed by atoms with van der Waals surface area (Å²) in [4.78, 5) is 29.2. The second-order valence-electron chi connectivity index (χ2n) is 14.2. The number of carbonyl (C=O) groups excluding carboxylic acids is 2. The summed E-state index contributed by atoms with van der Waals surface area (Å²) in [7, 11) is 1.27. The maximum absolute atomic E-state index is 14.0. The minimum absolute atomic E-state index is 0.0519. The predicted octanol–water partition coefficient (Wildman–Crippen LogP) is 6.13. The smallest absolute Gasteiger partial charge is 0.338 e. The molecule has 1 saturated carbocycles. The molecule has 2 N–H and O–H groups in total. The van der Waals surface area contributed by atoms with Crippen molar-refractivity contribution in [2.24, 2.45) is 5.14 Å². The predicted molar refractivity (Wildman–Crippen MR) is 190 cm³/mol. The van der Waals surface area contributed by atoms with Crippen LogP contribution in [0, 0.1) is 0 Å². The van der Waals surface area contributed by atoms with Crippen molar-refractivity contribution in [3.8, 4) is 17.0 Å². The highest BCUT2D eigenvalue weighted by Crippen LogP contribution is 2.47. The molecule has 11 heteroatoms. The molecule has 0 bridgehead atoms. The first-order valence-corrected chi connectivity index (χ1v) is 18.4. The third-order valence-electron chi connectivity index (χ3n) is 9.46. The molecule has 0 spiro atoms. The first kappa shape index (κ1) is 35.8. The fourth-order valence-corrected chi connectivity index (χ4v) is 7.23. The van der Waals surface area contributed by atoms with Crippen LogP contribution < -0.4 is 9.88 Å². The van der Waals surface area contributed by atoms with Crippen LogP contribution in [0.25, 0.3) is 28.2 Å². The maximum Gasteiger partial charge on any atom is 0.338 e. The van der Waals surface area contributed by atoms with Gasteiger partial charge in [-0.05, 0) is 107 Å². The van der Waals surface area contributed by atoms with E-state index in [9.17, 15) is 18.0 Å². The molecule has 1 aromatic heterocycles. The molecule has 0 unspecified atom stereocenters. The van der Waals surface area contributed by atoms with Crippen molar-refractivity contribution in [2.75, 3.05) is 40.8 Å². The summed E-state index contributed by atoms with van der Waals surface area (Å²) < 4.78 is 37.8. The van der Waals surface area contributed by atoms with Crippen molar-refractivity contribution in [2.45, 2.75) is 83.8 Å². The number of ketones is 1. The van der Waals surface area contributed by atoms with E-state index in [1.165, 1.54) is 31.9 Å². The Labute approximate surface area is 285 Å². The van der Waals surface area contributed by atoms with Crippen molar-refractivity contribution < 1.29 is 27.5 Å². The van der Waals surface area contributed by atoms with Crippen LogP contribution in [0.1, 0.15) is 93.1 Å². The van der Waals surface area contributed by atoms with Crippen LogP contribution in [0.2, 0.25) is 0 Å². The van der Waals surface area contributed by atoms with Gasteiger partial charge in [0.15, 0.2) is 5.78 Å². The van der Waals surface area contributed by atoms with Gasteiger partial charge in [0.25, 0.3) is 10.2 Å². The number of carbonyl (C=O) groups is 2. The van der Waals surface area contributed by atoms with E-state index in [0.717, 1.165) is 50.6 Å². The minimum Gasteiger partial charge on any atom is -0.497 e. The fraction of sp³-hybridized carbons (Fsp3) is 0.514. The van der Waals surface area contributed by atoms with Gasteiger partial charge in [0.2, 0.25) is 0 Å². The fourth-order valence-electron chi connectivity index (χ4n) is 6.90. The van der Waals surface area contributed by atoms with Crippen molar-refractivity contribution in [3.63, 3.8) is 0 Å². The molecule has 2 heterocycles. The number of hydrogen-bond donors (Lipinski definition) is 1. The largest absolute Gasteiger partial charge is 0.497 e. The summed E-state index contributed by atoms with van der Waals surface area (Å²) in [6.45, 7) is 7.37. The van der Waals surface area contributed by atoms with E-state index >= 15 is 0 Å². The van der Waals surface area contributed by atoms with Crippen LogP contribution in [-0.4, -0.2) is 80.4 Å². The van der Waals surface area contributed by atoms with Gasteiger partial charge >= 0.3 is 5.97 Å². The minimum atomic E-state index is -3.73. The zero-order chi connectivity index (χ0) is 34.8. The molecule has 0 saturated heterocycles. The zero-order valence-electron chi connectivity index (χ0n) is 29.2. The molecule has 2 aliphatic rings. The molecule has 1 fully saturated rings. The quantitative estimate of drug-likeness (QED) is 0.229. The van der Waals surface area contributed by atoms with Crippen molar-refractivity contribution in [1.29, 1.82) is 0 Å². The monoisotopic (exact) mass is 678 g/mol. The Hall–Kier alpha value is -3.51. The number of methoxy groups -OCH3 is 1. The van der Waals surface area contributed by atoms with E-state index in [1.807, 2.05) is 63.1 Å². The number of hydrogen-bond acceptors (Lipinski definition) is 7. The number of nitrogens with zero attached hydrogens (tertiary/aromatic N) is 3. The zero-order valence-corrected chi connectivity index (χ0v) is 30.0. The number of likely N-dealkylation sites (N-methyl/N-ethyl adjacent to an activating group) is 2. The third-order valence-corrected chi connectivity index (χ3v) is 10.5. The molecule has 0 radical (unpaired) electrons. The molecule has 260 valence electrons. The van der Waals surface area contributed by atoms with E-state index < -0.39 is 15.8 Å². The lowest BCUT2D eigenvalue weighted by molar-refractivity contribution is -0.115. The maximum atomic E-state index is 14.0. The first-order chi connectivity index (χ1) is 22.7. The Kier molecular flexibility index (Phi) is 10.8. The average Bonchev–Trinajstić information content (AvgIpc) is 3.24. The van der Waals surface area contributed by atoms with Gasteiger partial charge < -0.3 is 18.9 Å². The number of esters is 1. The molecule has 5 rings (SSSR count). The molecule has 3 aromatic rings. The number of fused-ring (bicyclic) bond motifs is 5. The summed E-state index contributed by atoms with van der Waals surface area (Å²) in [6.07, 6.45) is 8.76. The number of aromatic nitrogens is 1. The molecule has 1 aliphatic carbocycles. The number of rotatable bonds is 12. The Balaban J connectivity index is 1.52. The van der Waals surface area contributed by atoms with E-state index in [0.29, 0.717) is 49.5 Å². The highest BCUT2D eigenvalue weighted by molar-refractivity contribution is 7.86. The van der Waals surface area contributed by atoms with Crippen LogP contribution in [0.15, 0.2) is 42.0 Å². The lowest BCUT2D eigenvalue weighted by Gasteiger charge is -2.24. The van der Waals surface area contributed by atoms with Crippen LogP contribution in [-0.2, 0) is 26.3 Å². The molecule has 0 atom stereocenters. The average molecular weight is 679 g/mol. The second kappa shape index (κ2) is 14.5. The van der Waals surface area contributed by atoms with Crippen molar-refractivity contribution in [3.05, 3.63) is 58.7 Å². The van der Waals surface area contributed by atoms with Gasteiger partial charge in [-0.1, -0.05) is 25.3 Å². The van der Waals surface area contributed by atoms with E-state index in [2.05, 4.69) is 16.7 Å². The van der Waals surface area contributed by atoms with E-state index in [4.69, 9.17) is 14.6 Å². The summed E-state index contributed by atoms with van der Waals surface area (Å²) in [5, 5.41) is 6.32. The van der Waals surface area contributed by atoms with Gasteiger partial charge in [-0.2, -0.15) is 12.7 Å². The normalized spacial score (nSPS) is 15.6. The molecule has 10 nitrogen and oxygen atoms in total. The first-order valence-electron chi connectivity index (χ1n) is 16.9.